The van der Waals surface area contributed by atoms with Crippen LogP contribution < -0.4 is 5.32 Å². The second-order valence-corrected chi connectivity index (χ2v) is 7.01. The van der Waals surface area contributed by atoms with Crippen LogP contribution in [0.1, 0.15) is 63.5 Å². The molecule has 0 aliphatic heterocycles. The van der Waals surface area contributed by atoms with Gasteiger partial charge in [0, 0.05) is 33.3 Å². The van der Waals surface area contributed by atoms with Crippen LogP contribution in [0.15, 0.2) is 24.3 Å². The maximum atomic E-state index is 11.9. The Labute approximate surface area is 153 Å². The van der Waals surface area contributed by atoms with Crippen LogP contribution in [-0.4, -0.2) is 26.2 Å². The van der Waals surface area contributed by atoms with Crippen LogP contribution in [-0.2, 0) is 27.4 Å². The Hall–Kier alpha value is -1.39. The monoisotopic (exact) mass is 349 g/mol. The highest BCUT2D eigenvalue weighted by molar-refractivity contribution is 5.75. The fourth-order valence-electron chi connectivity index (χ4n) is 2.52. The van der Waals surface area contributed by atoms with Crippen molar-refractivity contribution < 1.29 is 14.3 Å². The fourth-order valence-corrected chi connectivity index (χ4v) is 2.52. The molecule has 4 heteroatoms. The van der Waals surface area contributed by atoms with Crippen LogP contribution in [0.2, 0.25) is 0 Å². The van der Waals surface area contributed by atoms with E-state index in [1.807, 2.05) is 0 Å². The molecular weight excluding hydrogens is 314 g/mol. The van der Waals surface area contributed by atoms with Gasteiger partial charge >= 0.3 is 0 Å². The Bertz CT molecular complexity index is 457. The summed E-state index contributed by atoms with van der Waals surface area (Å²) in [5.41, 5.74) is 2.30. The molecule has 0 aromatic heterocycles. The number of rotatable bonds is 14. The molecule has 4 nitrogen and oxygen atoms in total. The molecule has 1 aromatic carbocycles. The number of ether oxygens (including phenoxy) is 2. The van der Waals surface area contributed by atoms with E-state index < -0.39 is 0 Å². The van der Waals surface area contributed by atoms with Crippen molar-refractivity contribution in [3.63, 3.8) is 0 Å². The molecule has 1 aromatic rings. The van der Waals surface area contributed by atoms with Crippen molar-refractivity contribution in [1.29, 1.82) is 0 Å². The summed E-state index contributed by atoms with van der Waals surface area (Å²) in [6, 6.07) is 8.26. The van der Waals surface area contributed by atoms with Gasteiger partial charge in [0.2, 0.25) is 5.91 Å². The molecule has 25 heavy (non-hydrogen) atoms. The van der Waals surface area contributed by atoms with E-state index in [0.29, 0.717) is 25.5 Å². The maximum Gasteiger partial charge on any atom is 0.220 e. The lowest BCUT2D eigenvalue weighted by molar-refractivity contribution is -0.121. The lowest BCUT2D eigenvalue weighted by Gasteiger charge is -2.08. The van der Waals surface area contributed by atoms with Gasteiger partial charge in [-0.15, -0.1) is 0 Å². The topological polar surface area (TPSA) is 47.6 Å². The molecule has 0 saturated carbocycles. The smallest absolute Gasteiger partial charge is 0.220 e. The summed E-state index contributed by atoms with van der Waals surface area (Å²) in [5, 5.41) is 3.00. The summed E-state index contributed by atoms with van der Waals surface area (Å²) < 4.78 is 10.7. The van der Waals surface area contributed by atoms with Crippen molar-refractivity contribution in [2.75, 3.05) is 20.3 Å². The van der Waals surface area contributed by atoms with Crippen LogP contribution in [0.4, 0.5) is 0 Å². The van der Waals surface area contributed by atoms with Gasteiger partial charge in [0.05, 0.1) is 6.61 Å². The van der Waals surface area contributed by atoms with Gasteiger partial charge in [0.1, 0.15) is 0 Å². The number of benzene rings is 1. The summed E-state index contributed by atoms with van der Waals surface area (Å²) in [5.74, 6) is 0.695. The number of hydrogen-bond donors (Lipinski definition) is 1. The SMILES string of the molecule is COCCCCCCCC(=O)NCc1ccc(COCC(C)C)cc1. The quantitative estimate of drug-likeness (QED) is 0.504. The highest BCUT2D eigenvalue weighted by atomic mass is 16.5. The molecule has 0 radical (unpaired) electrons. The van der Waals surface area contributed by atoms with E-state index in [2.05, 4.69) is 43.4 Å². The minimum Gasteiger partial charge on any atom is -0.385 e. The second kappa shape index (κ2) is 13.9. The van der Waals surface area contributed by atoms with Crippen molar-refractivity contribution in [2.24, 2.45) is 5.92 Å². The average Bonchev–Trinajstić information content (AvgIpc) is 2.60. The van der Waals surface area contributed by atoms with Gasteiger partial charge < -0.3 is 14.8 Å². The number of nitrogens with one attached hydrogen (secondary N) is 1. The number of carbonyl (C=O) groups excluding carboxylic acids is 1. The molecule has 1 N–H and O–H groups in total. The number of hydrogen-bond acceptors (Lipinski definition) is 3. The Morgan fingerprint density at radius 2 is 1.64 bits per heavy atom. The van der Waals surface area contributed by atoms with E-state index in [1.54, 1.807) is 7.11 Å². The molecule has 0 spiro atoms. The maximum absolute atomic E-state index is 11.9. The minimum atomic E-state index is 0.140. The molecule has 0 atom stereocenters. The molecule has 0 saturated heterocycles. The second-order valence-electron chi connectivity index (χ2n) is 7.01. The first-order valence-corrected chi connectivity index (χ1v) is 9.53. The van der Waals surface area contributed by atoms with E-state index in [1.165, 1.54) is 18.4 Å². The third-order valence-corrected chi connectivity index (χ3v) is 3.98. The molecular formula is C21H35NO3. The zero-order valence-electron chi connectivity index (χ0n) is 16.2. The van der Waals surface area contributed by atoms with Gasteiger partial charge in [-0.3, -0.25) is 4.79 Å². The first-order valence-electron chi connectivity index (χ1n) is 9.53. The zero-order chi connectivity index (χ0) is 18.3. The number of carbonyl (C=O) groups is 1. The zero-order valence-corrected chi connectivity index (χ0v) is 16.2. The fraction of sp³-hybridized carbons (Fsp3) is 0.667. The van der Waals surface area contributed by atoms with E-state index in [9.17, 15) is 4.79 Å². The summed E-state index contributed by atoms with van der Waals surface area (Å²) >= 11 is 0. The van der Waals surface area contributed by atoms with Crippen molar-refractivity contribution in [2.45, 2.75) is 65.5 Å². The first-order chi connectivity index (χ1) is 12.1. The highest BCUT2D eigenvalue weighted by Crippen LogP contribution is 2.08. The summed E-state index contributed by atoms with van der Waals surface area (Å²) in [4.78, 5) is 11.9. The highest BCUT2D eigenvalue weighted by Gasteiger charge is 2.02. The van der Waals surface area contributed by atoms with E-state index in [0.717, 1.165) is 38.0 Å². The molecule has 0 fully saturated rings. The molecule has 1 rings (SSSR count). The predicted molar refractivity (Wildman–Crippen MR) is 102 cm³/mol. The summed E-state index contributed by atoms with van der Waals surface area (Å²) in [6.45, 7) is 7.16. The largest absolute Gasteiger partial charge is 0.385 e. The number of amides is 1. The van der Waals surface area contributed by atoms with Gasteiger partial charge in [-0.25, -0.2) is 0 Å². The standard InChI is InChI=1S/C21H35NO3/c1-18(2)16-25-17-20-12-10-19(11-13-20)15-22-21(23)9-7-5-4-6-8-14-24-3/h10-13,18H,4-9,14-17H2,1-3H3,(H,22,23). The number of methoxy groups -OCH3 is 1. The van der Waals surface area contributed by atoms with Gasteiger partial charge in [0.25, 0.3) is 0 Å². The lowest BCUT2D eigenvalue weighted by Crippen LogP contribution is -2.22. The van der Waals surface area contributed by atoms with Crippen molar-refractivity contribution in [3.05, 3.63) is 35.4 Å². The van der Waals surface area contributed by atoms with E-state index in [-0.39, 0.29) is 5.91 Å². The predicted octanol–water partition coefficient (Wildman–Crippen LogP) is 4.46. The van der Waals surface area contributed by atoms with Crippen LogP contribution in [0, 0.1) is 5.92 Å². The Morgan fingerprint density at radius 3 is 2.32 bits per heavy atom. The molecule has 0 heterocycles. The van der Waals surface area contributed by atoms with Gasteiger partial charge in [-0.05, 0) is 29.9 Å². The molecule has 0 unspecified atom stereocenters. The van der Waals surface area contributed by atoms with Gasteiger partial charge in [-0.2, -0.15) is 0 Å². The molecule has 142 valence electrons. The number of unbranched alkanes of at least 4 members (excludes halogenated alkanes) is 4. The van der Waals surface area contributed by atoms with Crippen molar-refractivity contribution >= 4 is 5.91 Å². The molecule has 0 bridgehead atoms. The average molecular weight is 350 g/mol. The summed E-state index contributed by atoms with van der Waals surface area (Å²) in [7, 11) is 1.73. The lowest BCUT2D eigenvalue weighted by atomic mass is 10.1. The third kappa shape index (κ3) is 11.7. The van der Waals surface area contributed by atoms with Crippen molar-refractivity contribution in [1.82, 2.24) is 5.32 Å². The minimum absolute atomic E-state index is 0.140. The molecule has 0 aliphatic carbocycles. The van der Waals surface area contributed by atoms with Crippen LogP contribution in [0.25, 0.3) is 0 Å². The molecule has 0 aliphatic rings. The third-order valence-electron chi connectivity index (χ3n) is 3.98. The van der Waals surface area contributed by atoms with Crippen LogP contribution in [0.5, 0.6) is 0 Å². The van der Waals surface area contributed by atoms with Gasteiger partial charge in [-0.1, -0.05) is 57.4 Å². The first kappa shape index (κ1) is 21.7. The Morgan fingerprint density at radius 1 is 1.00 bits per heavy atom. The van der Waals surface area contributed by atoms with Crippen molar-refractivity contribution in [3.8, 4) is 0 Å². The summed E-state index contributed by atoms with van der Waals surface area (Å²) in [6.07, 6.45) is 6.17. The van der Waals surface area contributed by atoms with E-state index in [4.69, 9.17) is 9.47 Å². The van der Waals surface area contributed by atoms with E-state index >= 15 is 0 Å². The normalized spacial score (nSPS) is 11.0. The van der Waals surface area contributed by atoms with Gasteiger partial charge in [0.15, 0.2) is 0 Å². The molecule has 1 amide bonds. The Kier molecular flexibility index (Phi) is 12.0. The Balaban J connectivity index is 2.10. The van der Waals surface area contributed by atoms with Crippen LogP contribution in [0.3, 0.4) is 0 Å². The van der Waals surface area contributed by atoms with Crippen LogP contribution >= 0.6 is 0 Å².